The molecule has 1 saturated heterocycles. The fourth-order valence-electron chi connectivity index (χ4n) is 3.43. The van der Waals surface area contributed by atoms with Crippen LogP contribution >= 0.6 is 0 Å². The third-order valence-electron chi connectivity index (χ3n) is 4.46. The second kappa shape index (κ2) is 5.37. The summed E-state index contributed by atoms with van der Waals surface area (Å²) in [5.41, 5.74) is 2.73. The lowest BCUT2D eigenvalue weighted by atomic mass is 10.1. The molecule has 1 N–H and O–H groups in total. The van der Waals surface area contributed by atoms with Crippen LogP contribution in [0.2, 0.25) is 0 Å². The lowest BCUT2D eigenvalue weighted by Gasteiger charge is -2.24. The normalized spacial score (nSPS) is 27.6. The topological polar surface area (TPSA) is 28.2 Å². The van der Waals surface area contributed by atoms with E-state index in [1.54, 1.807) is 0 Å². The largest absolute Gasteiger partial charge is 0.307 e. The van der Waals surface area contributed by atoms with Gasteiger partial charge in [0, 0.05) is 18.8 Å². The molecule has 98 valence electrons. The summed E-state index contributed by atoms with van der Waals surface area (Å²) in [6, 6.07) is 5.50. The number of likely N-dealkylation sites (N-methyl/N-ethyl adjacent to an activating group) is 1. The first-order chi connectivity index (χ1) is 8.88. The van der Waals surface area contributed by atoms with E-state index in [9.17, 15) is 0 Å². The van der Waals surface area contributed by atoms with Crippen molar-refractivity contribution >= 4 is 0 Å². The molecule has 1 aromatic rings. The quantitative estimate of drug-likeness (QED) is 0.881. The van der Waals surface area contributed by atoms with E-state index in [0.29, 0.717) is 6.04 Å². The predicted octanol–water partition coefficient (Wildman–Crippen LogP) is 2.14. The number of hydrogen-bond acceptors (Lipinski definition) is 3. The fourth-order valence-corrected chi connectivity index (χ4v) is 3.43. The number of nitrogens with one attached hydrogen (secondary N) is 1. The first-order valence-electron chi connectivity index (χ1n) is 7.29. The van der Waals surface area contributed by atoms with Gasteiger partial charge in [-0.3, -0.25) is 9.88 Å². The summed E-state index contributed by atoms with van der Waals surface area (Å²) < 4.78 is 0. The number of likely N-dealkylation sites (tertiary alicyclic amines) is 1. The summed E-state index contributed by atoms with van der Waals surface area (Å²) in [5.74, 6) is 0. The summed E-state index contributed by atoms with van der Waals surface area (Å²) in [7, 11) is 0. The molecule has 1 aliphatic carbocycles. The lowest BCUT2D eigenvalue weighted by Crippen LogP contribution is -2.38. The molecule has 2 heterocycles. The Labute approximate surface area is 110 Å². The highest BCUT2D eigenvalue weighted by atomic mass is 15.2. The van der Waals surface area contributed by atoms with Crippen LogP contribution < -0.4 is 5.32 Å². The van der Waals surface area contributed by atoms with Crippen LogP contribution in [0.3, 0.4) is 0 Å². The maximum absolute atomic E-state index is 4.55. The molecular weight excluding hydrogens is 222 g/mol. The molecule has 1 aromatic heterocycles. The Hall–Kier alpha value is -0.930. The molecule has 2 atom stereocenters. The molecule has 0 aromatic carbocycles. The van der Waals surface area contributed by atoms with Crippen LogP contribution in [0.5, 0.6) is 0 Å². The monoisotopic (exact) mass is 245 g/mol. The number of aromatic nitrogens is 1. The van der Waals surface area contributed by atoms with Crippen molar-refractivity contribution in [3.05, 3.63) is 29.6 Å². The molecule has 3 rings (SSSR count). The average molecular weight is 245 g/mol. The Balaban J connectivity index is 1.58. The van der Waals surface area contributed by atoms with Crippen LogP contribution in [-0.2, 0) is 6.42 Å². The minimum Gasteiger partial charge on any atom is -0.307 e. The predicted molar refractivity (Wildman–Crippen MR) is 73.6 cm³/mol. The Morgan fingerprint density at radius 1 is 1.44 bits per heavy atom. The van der Waals surface area contributed by atoms with Gasteiger partial charge in [0.15, 0.2) is 0 Å². The highest BCUT2D eigenvalue weighted by Gasteiger charge is 2.27. The molecule has 0 saturated carbocycles. The van der Waals surface area contributed by atoms with E-state index in [1.807, 2.05) is 6.20 Å². The minimum atomic E-state index is 0.487. The van der Waals surface area contributed by atoms with Crippen LogP contribution in [0.25, 0.3) is 0 Å². The highest BCUT2D eigenvalue weighted by Crippen LogP contribution is 2.29. The van der Waals surface area contributed by atoms with E-state index in [4.69, 9.17) is 0 Å². The van der Waals surface area contributed by atoms with Gasteiger partial charge in [-0.2, -0.15) is 0 Å². The first kappa shape index (κ1) is 12.1. The van der Waals surface area contributed by atoms with E-state index in [2.05, 4.69) is 34.3 Å². The van der Waals surface area contributed by atoms with Crippen molar-refractivity contribution in [2.45, 2.75) is 44.7 Å². The Kier molecular flexibility index (Phi) is 3.62. The van der Waals surface area contributed by atoms with Gasteiger partial charge in [0.25, 0.3) is 0 Å². The van der Waals surface area contributed by atoms with Gasteiger partial charge in [0.05, 0.1) is 11.7 Å². The van der Waals surface area contributed by atoms with Gasteiger partial charge in [0.2, 0.25) is 0 Å². The van der Waals surface area contributed by atoms with Crippen molar-refractivity contribution in [2.24, 2.45) is 0 Å². The molecule has 0 radical (unpaired) electrons. The Morgan fingerprint density at radius 2 is 2.39 bits per heavy atom. The Bertz CT molecular complexity index is 404. The summed E-state index contributed by atoms with van der Waals surface area (Å²) >= 11 is 0. The molecule has 3 heteroatoms. The van der Waals surface area contributed by atoms with Gasteiger partial charge in [-0.15, -0.1) is 0 Å². The van der Waals surface area contributed by atoms with Crippen LogP contribution in [0.1, 0.15) is 43.5 Å². The summed E-state index contributed by atoms with van der Waals surface area (Å²) in [6.45, 7) is 5.85. The number of fused-ring (bicyclic) bond motifs is 1. The molecule has 1 fully saturated rings. The third kappa shape index (κ3) is 2.29. The molecule has 0 spiro atoms. The molecule has 18 heavy (non-hydrogen) atoms. The van der Waals surface area contributed by atoms with Gasteiger partial charge in [-0.1, -0.05) is 13.0 Å². The van der Waals surface area contributed by atoms with E-state index in [0.717, 1.165) is 12.6 Å². The summed E-state index contributed by atoms with van der Waals surface area (Å²) in [5, 5.41) is 3.74. The second-order valence-electron chi connectivity index (χ2n) is 5.47. The zero-order chi connectivity index (χ0) is 12.4. The van der Waals surface area contributed by atoms with Crippen LogP contribution in [0.4, 0.5) is 0 Å². The molecule has 3 nitrogen and oxygen atoms in total. The molecular formula is C15H23N3. The number of aryl methyl sites for hydroxylation is 1. The highest BCUT2D eigenvalue weighted by molar-refractivity contribution is 5.27. The van der Waals surface area contributed by atoms with Crippen LogP contribution in [-0.4, -0.2) is 35.6 Å². The van der Waals surface area contributed by atoms with Gasteiger partial charge in [-0.25, -0.2) is 0 Å². The first-order valence-corrected chi connectivity index (χ1v) is 7.29. The standard InChI is InChI=1S/C15H23N3/c1-2-18-10-4-6-13(18)11-17-14-8-7-12-5-3-9-16-15(12)14/h3,5,9,13-14,17H,2,4,6-8,10-11H2,1H3. The molecule has 0 amide bonds. The van der Waals surface area contributed by atoms with Gasteiger partial charge >= 0.3 is 0 Å². The van der Waals surface area contributed by atoms with Gasteiger partial charge < -0.3 is 5.32 Å². The second-order valence-corrected chi connectivity index (χ2v) is 5.47. The summed E-state index contributed by atoms with van der Waals surface area (Å²) in [4.78, 5) is 7.15. The van der Waals surface area contributed by atoms with Crippen molar-refractivity contribution in [1.29, 1.82) is 0 Å². The van der Waals surface area contributed by atoms with Gasteiger partial charge in [-0.05, 0) is 50.4 Å². The molecule has 2 unspecified atom stereocenters. The number of pyridine rings is 1. The maximum atomic E-state index is 4.55. The fraction of sp³-hybridized carbons (Fsp3) is 0.667. The van der Waals surface area contributed by atoms with Crippen molar-refractivity contribution in [1.82, 2.24) is 15.2 Å². The van der Waals surface area contributed by atoms with E-state index >= 15 is 0 Å². The van der Waals surface area contributed by atoms with E-state index in [-0.39, 0.29) is 0 Å². The maximum Gasteiger partial charge on any atom is 0.0605 e. The third-order valence-corrected chi connectivity index (χ3v) is 4.46. The number of nitrogens with zero attached hydrogens (tertiary/aromatic N) is 2. The lowest BCUT2D eigenvalue weighted by molar-refractivity contribution is 0.253. The smallest absolute Gasteiger partial charge is 0.0605 e. The van der Waals surface area contributed by atoms with Crippen molar-refractivity contribution in [3.8, 4) is 0 Å². The van der Waals surface area contributed by atoms with Crippen LogP contribution in [0, 0.1) is 0 Å². The SMILES string of the molecule is CCN1CCCC1CNC1CCc2cccnc21. The number of rotatable bonds is 4. The van der Waals surface area contributed by atoms with Crippen molar-refractivity contribution in [2.75, 3.05) is 19.6 Å². The van der Waals surface area contributed by atoms with E-state index < -0.39 is 0 Å². The molecule has 0 bridgehead atoms. The average Bonchev–Trinajstić information content (AvgIpc) is 3.02. The number of hydrogen-bond donors (Lipinski definition) is 1. The van der Waals surface area contributed by atoms with Crippen molar-refractivity contribution < 1.29 is 0 Å². The summed E-state index contributed by atoms with van der Waals surface area (Å²) in [6.07, 6.45) is 7.03. The zero-order valence-corrected chi connectivity index (χ0v) is 11.2. The molecule has 2 aliphatic rings. The minimum absolute atomic E-state index is 0.487. The molecule has 1 aliphatic heterocycles. The van der Waals surface area contributed by atoms with Gasteiger partial charge in [0.1, 0.15) is 0 Å². The van der Waals surface area contributed by atoms with E-state index in [1.165, 1.54) is 50.0 Å². The van der Waals surface area contributed by atoms with Crippen molar-refractivity contribution in [3.63, 3.8) is 0 Å². The van der Waals surface area contributed by atoms with Crippen LogP contribution in [0.15, 0.2) is 18.3 Å². The Morgan fingerprint density at radius 3 is 3.28 bits per heavy atom. The zero-order valence-electron chi connectivity index (χ0n) is 11.2.